The molecule has 0 amide bonds. The van der Waals surface area contributed by atoms with Crippen LogP contribution in [-0.4, -0.2) is 75.8 Å². The summed E-state index contributed by atoms with van der Waals surface area (Å²) in [5, 5.41) is 0. The molecule has 0 aromatic carbocycles. The van der Waals surface area contributed by atoms with Gasteiger partial charge in [0.2, 0.25) is 0 Å². The van der Waals surface area contributed by atoms with Gasteiger partial charge in [0.25, 0.3) is 0 Å². The smallest absolute Gasteiger partial charge is 0.156 e. The van der Waals surface area contributed by atoms with E-state index < -0.39 is 0 Å². The van der Waals surface area contributed by atoms with Gasteiger partial charge in [-0.2, -0.15) is 0 Å². The fourth-order valence-corrected chi connectivity index (χ4v) is 40.1. The van der Waals surface area contributed by atoms with E-state index in [-0.39, 0.29) is 0 Å². The van der Waals surface area contributed by atoms with E-state index in [4.69, 9.17) is 0 Å². The second kappa shape index (κ2) is 34.2. The topological polar surface area (TPSA) is 9.72 Å². The first kappa shape index (κ1) is 89.2. The first-order valence-corrected chi connectivity index (χ1v) is 56.2. The van der Waals surface area contributed by atoms with Crippen molar-refractivity contribution in [1.29, 1.82) is 0 Å². The maximum atomic E-state index is 4.07. The minimum absolute atomic E-state index is 0.367. The highest BCUT2D eigenvalue weighted by Gasteiger charge is 2.71. The number of hydrogen-bond acceptors (Lipinski definition) is 3. The van der Waals surface area contributed by atoms with Crippen molar-refractivity contribution < 1.29 is 0 Å². The summed E-state index contributed by atoms with van der Waals surface area (Å²) in [6.45, 7) is 58.0. The quantitative estimate of drug-likeness (QED) is 0.213. The Balaban J connectivity index is 0.817. The molecule has 29 unspecified atom stereocenters. The van der Waals surface area contributed by atoms with Crippen LogP contribution in [0.1, 0.15) is 460 Å². The van der Waals surface area contributed by atoms with Gasteiger partial charge in [0.05, 0.1) is 0 Å². The molecular weight excluding hydrogens is 1450 g/mol. The van der Waals surface area contributed by atoms with Crippen LogP contribution in [0.15, 0.2) is 0 Å². The fraction of sp³-hybridized carbons (Fsp3) is 1.00. The predicted octanol–water partition coefficient (Wildman–Crippen LogP) is 32.1. The van der Waals surface area contributed by atoms with E-state index in [1.807, 2.05) is 0 Å². The Morgan fingerprint density at radius 1 is 0.183 bits per heavy atom. The molecule has 682 valence electrons. The van der Waals surface area contributed by atoms with E-state index in [9.17, 15) is 0 Å². The van der Waals surface area contributed by atoms with Crippen LogP contribution in [0, 0.1) is 198 Å². The number of likely N-dealkylation sites (tertiary alicyclic amines) is 1. The largest absolute Gasteiger partial charge is 0.295 e. The Labute approximate surface area is 746 Å². The Kier molecular flexibility index (Phi) is 25.4. The lowest BCUT2D eigenvalue weighted by molar-refractivity contribution is -0.159. The van der Waals surface area contributed by atoms with Crippen LogP contribution in [0.25, 0.3) is 0 Å². The van der Waals surface area contributed by atoms with Crippen molar-refractivity contribution in [2.24, 2.45) is 198 Å². The van der Waals surface area contributed by atoms with Crippen molar-refractivity contribution in [1.82, 2.24) is 14.7 Å². The zero-order valence-electron chi connectivity index (χ0n) is 83.6. The van der Waals surface area contributed by atoms with Crippen molar-refractivity contribution in [2.75, 3.05) is 0 Å². The SMILES string of the molecule is CC(C)(C)C1CCC(C2CC3C4B(C5CC(C6CC7CC(C(C)(C)C)CC8CCC9CC(C(C)(C)C)CC6C9C87)CCC5N3C3C(C5CCCCC5)CC(C(C)(C)C)CC3C3CCCCC3)C3CCC(N5C6CCC(C(C)(C)C)CC6C6CC(C(C)(C)C)CCC65)CC3N(C3C(C5CCCCC5)CC(C(C)(C)C)CC3C3CCCCC3)C4C2)CC1. The van der Waals surface area contributed by atoms with Gasteiger partial charge in [-0.25, -0.2) is 0 Å². The summed E-state index contributed by atoms with van der Waals surface area (Å²) in [5.74, 6) is 27.7. The first-order valence-electron chi connectivity index (χ1n) is 56.2. The van der Waals surface area contributed by atoms with Crippen molar-refractivity contribution in [3.05, 3.63) is 0 Å². The minimum Gasteiger partial charge on any atom is -0.295 e. The molecular formula is C116H200BN3. The maximum Gasteiger partial charge on any atom is 0.156 e. The van der Waals surface area contributed by atoms with E-state index in [1.54, 1.807) is 186 Å². The van der Waals surface area contributed by atoms with E-state index in [1.165, 1.54) is 128 Å². The zero-order valence-corrected chi connectivity index (χ0v) is 83.6. The van der Waals surface area contributed by atoms with Gasteiger partial charge in [-0.15, -0.1) is 0 Å². The number of hydrogen-bond donors (Lipinski definition) is 0. The molecule has 0 spiro atoms. The zero-order chi connectivity index (χ0) is 84.0. The molecule has 3 heterocycles. The summed E-state index contributed by atoms with van der Waals surface area (Å²) in [7, 11) is 0. The van der Waals surface area contributed by atoms with Crippen LogP contribution in [0.5, 0.6) is 0 Å². The van der Waals surface area contributed by atoms with Crippen molar-refractivity contribution in [3.63, 3.8) is 0 Å². The summed E-state index contributed by atoms with van der Waals surface area (Å²) in [5.41, 5.74) is 2.81. The van der Waals surface area contributed by atoms with Crippen LogP contribution in [0.2, 0.25) is 17.5 Å². The molecule has 0 N–H and O–H groups in total. The van der Waals surface area contributed by atoms with Crippen molar-refractivity contribution >= 4 is 6.71 Å². The second-order valence-electron chi connectivity index (χ2n) is 58.5. The van der Waals surface area contributed by atoms with Crippen molar-refractivity contribution in [2.45, 2.75) is 532 Å². The van der Waals surface area contributed by atoms with Crippen LogP contribution in [0.3, 0.4) is 0 Å². The van der Waals surface area contributed by atoms with Gasteiger partial charge in [-0.05, 0) is 389 Å². The van der Waals surface area contributed by atoms with E-state index in [2.05, 4.69) is 160 Å². The van der Waals surface area contributed by atoms with Gasteiger partial charge < -0.3 is 0 Å². The standard InChI is InChI=1S/C116H200BN3/c1-110(2,3)81-47-44-71(45-48-81)79-61-103-107-104(62-79)120(109-92(74-38-30-24-31-39-74)67-87(116(19,20)21)68-93(109)75-40-32-25-33-41-75)102-70-88(118-99-54-49-82(111(4,5)6)63-94(99)95-64-83(112(7,8)9)50-55-100(95)118)51-52-97(102)117(107)98-60-76(89-59-80-58-84(113(10,11)12)56-77-42-43-78-57-85(114(13,14)15)69-96(89)106(78)105(77)80)46-53-101(98)119(103)108-90(72-34-26-22-27-35-72)65-86(115(16,17)18)66-91(108)73-36-28-23-29-37-73/h71-109H,22-70H2,1-21H3. The number of rotatable bonds is 9. The molecule has 0 bridgehead atoms. The lowest BCUT2D eigenvalue weighted by atomic mass is 9.18. The first-order chi connectivity index (χ1) is 56.9. The highest BCUT2D eigenvalue weighted by Crippen LogP contribution is 2.73. The molecule has 19 rings (SSSR count). The molecule has 16 aliphatic carbocycles. The van der Waals surface area contributed by atoms with E-state index in [0.717, 1.165) is 238 Å². The summed E-state index contributed by atoms with van der Waals surface area (Å²) >= 11 is 0. The summed E-state index contributed by atoms with van der Waals surface area (Å²) in [6, 6.07) is 7.16. The van der Waals surface area contributed by atoms with Crippen LogP contribution < -0.4 is 0 Å². The molecule has 3 aliphatic heterocycles. The maximum absolute atomic E-state index is 4.07. The van der Waals surface area contributed by atoms with E-state index in [0.29, 0.717) is 37.9 Å². The van der Waals surface area contributed by atoms with E-state index >= 15 is 0 Å². The lowest BCUT2D eigenvalue weighted by Gasteiger charge is -2.73. The Hall–Kier alpha value is -0.0551. The van der Waals surface area contributed by atoms with Gasteiger partial charge >= 0.3 is 0 Å². The monoisotopic (exact) mass is 1650 g/mol. The molecule has 120 heavy (non-hydrogen) atoms. The Morgan fingerprint density at radius 2 is 0.533 bits per heavy atom. The molecule has 0 aromatic rings. The molecule has 0 aromatic heterocycles. The third-order valence-corrected chi connectivity index (χ3v) is 46.4. The van der Waals surface area contributed by atoms with Gasteiger partial charge in [-0.1, -0.05) is 287 Å². The lowest BCUT2D eigenvalue weighted by Crippen LogP contribution is -2.77. The minimum atomic E-state index is 0.367. The van der Waals surface area contributed by atoms with Gasteiger partial charge in [0.1, 0.15) is 0 Å². The van der Waals surface area contributed by atoms with Crippen molar-refractivity contribution in [3.8, 4) is 0 Å². The molecule has 29 atom stereocenters. The second-order valence-corrected chi connectivity index (χ2v) is 58.5. The highest BCUT2D eigenvalue weighted by molar-refractivity contribution is 6.65. The number of fused-ring (bicyclic) bond motifs is 7. The predicted molar refractivity (Wildman–Crippen MR) is 513 cm³/mol. The Bertz CT molecular complexity index is 3260. The Morgan fingerprint density at radius 3 is 0.967 bits per heavy atom. The van der Waals surface area contributed by atoms with Gasteiger partial charge in [-0.3, -0.25) is 14.7 Å². The van der Waals surface area contributed by atoms with Crippen LogP contribution in [-0.2, 0) is 0 Å². The van der Waals surface area contributed by atoms with Crippen LogP contribution >= 0.6 is 0 Å². The fourth-order valence-electron chi connectivity index (χ4n) is 40.1. The number of nitrogens with zero attached hydrogens (tertiary/aromatic N) is 3. The molecule has 19 fully saturated rings. The molecule has 4 heteroatoms. The molecule has 19 aliphatic rings. The summed E-state index contributed by atoms with van der Waals surface area (Å²) < 4.78 is 0. The average Bonchev–Trinajstić information content (AvgIpc) is 0.710. The molecule has 3 saturated heterocycles. The van der Waals surface area contributed by atoms with Crippen LogP contribution in [0.4, 0.5) is 0 Å². The highest BCUT2D eigenvalue weighted by atomic mass is 15.3. The molecule has 3 nitrogen and oxygen atoms in total. The third kappa shape index (κ3) is 16.9. The molecule has 16 saturated carbocycles. The van der Waals surface area contributed by atoms with Gasteiger partial charge in [0, 0.05) is 54.4 Å². The third-order valence-electron chi connectivity index (χ3n) is 46.4. The average molecular weight is 1650 g/mol. The molecule has 0 radical (unpaired) electrons. The summed E-state index contributed by atoms with van der Waals surface area (Å²) in [6.07, 6.45) is 76.1. The summed E-state index contributed by atoms with van der Waals surface area (Å²) in [4.78, 5) is 11.8. The normalized spacial score (nSPS) is 48.1. The van der Waals surface area contributed by atoms with Gasteiger partial charge in [0.15, 0.2) is 6.71 Å².